The third-order valence-corrected chi connectivity index (χ3v) is 5.46. The van der Waals surface area contributed by atoms with Gasteiger partial charge in [0.15, 0.2) is 23.3 Å². The zero-order valence-corrected chi connectivity index (χ0v) is 14.2. The van der Waals surface area contributed by atoms with E-state index in [4.69, 9.17) is 0 Å². The van der Waals surface area contributed by atoms with Crippen LogP contribution in [0.3, 0.4) is 0 Å². The third-order valence-electron chi connectivity index (χ3n) is 4.29. The van der Waals surface area contributed by atoms with Crippen LogP contribution in [0.15, 0.2) is 0 Å². The molecule has 0 bridgehead atoms. The number of carbonyl (C=O) groups is 1. The van der Waals surface area contributed by atoms with Gasteiger partial charge in [-0.05, 0) is 30.7 Å². The molecular weight excluding hydrogens is 375 g/mol. The topological polar surface area (TPSA) is 52.9 Å². The van der Waals surface area contributed by atoms with Gasteiger partial charge >= 0.3 is 0 Å². The van der Waals surface area contributed by atoms with Gasteiger partial charge in [-0.3, -0.25) is 4.79 Å². The Morgan fingerprint density at radius 2 is 1.69 bits per heavy atom. The second-order valence-electron chi connectivity index (χ2n) is 6.07. The summed E-state index contributed by atoms with van der Waals surface area (Å²) in [6.07, 6.45) is 2.16. The first-order valence-corrected chi connectivity index (χ1v) is 8.45. The monoisotopic (exact) mass is 386 g/mol. The number of fused-ring (bicyclic) bond motifs is 1. The number of nitrogens with zero attached hydrogens (tertiary/aromatic N) is 1. The molecule has 2 aromatic rings. The Kier molecular flexibility index (Phi) is 4.71. The summed E-state index contributed by atoms with van der Waals surface area (Å²) in [5.74, 6) is -12.3. The summed E-state index contributed by atoms with van der Waals surface area (Å²) >= 11 is 1.08. The number of hydrogen-bond acceptors (Lipinski definition) is 3. The maximum Gasteiger partial charge on any atom is 0.262 e. The summed E-state index contributed by atoms with van der Waals surface area (Å²) in [7, 11) is 0. The van der Waals surface area contributed by atoms with E-state index in [2.05, 4.69) is 5.32 Å². The molecule has 1 atom stereocenters. The summed E-state index contributed by atoms with van der Waals surface area (Å²) in [4.78, 5) is 13.0. The largest absolute Gasteiger partial charge is 0.312 e. The van der Waals surface area contributed by atoms with E-state index in [1.54, 1.807) is 0 Å². The smallest absolute Gasteiger partial charge is 0.262 e. The predicted octanol–water partition coefficient (Wildman–Crippen LogP) is 4.69. The number of carbonyl (C=O) groups excluding carboxylic acids is 1. The molecular formula is C17H11F5N2OS. The highest BCUT2D eigenvalue weighted by atomic mass is 32.1. The minimum absolute atomic E-state index is 0.0422. The van der Waals surface area contributed by atoms with Crippen LogP contribution in [0, 0.1) is 46.3 Å². The van der Waals surface area contributed by atoms with Crippen molar-refractivity contribution in [2.75, 3.05) is 5.32 Å². The van der Waals surface area contributed by atoms with Gasteiger partial charge in [-0.15, -0.1) is 11.3 Å². The number of rotatable bonds is 2. The van der Waals surface area contributed by atoms with Crippen LogP contribution in [-0.2, 0) is 12.8 Å². The number of nitrogens with one attached hydrogen (secondary N) is 1. The van der Waals surface area contributed by atoms with Crippen molar-refractivity contribution in [1.29, 1.82) is 5.26 Å². The van der Waals surface area contributed by atoms with Crippen molar-refractivity contribution in [2.24, 2.45) is 5.92 Å². The lowest BCUT2D eigenvalue weighted by molar-refractivity contribution is 0.101. The molecule has 1 aromatic carbocycles. The van der Waals surface area contributed by atoms with Gasteiger partial charge < -0.3 is 5.32 Å². The van der Waals surface area contributed by atoms with Crippen LogP contribution in [0.1, 0.15) is 39.7 Å². The highest BCUT2D eigenvalue weighted by Gasteiger charge is 2.31. The maximum atomic E-state index is 13.8. The van der Waals surface area contributed by atoms with Crippen LogP contribution >= 0.6 is 11.3 Å². The molecule has 1 aromatic heterocycles. The molecule has 0 aliphatic heterocycles. The Labute approximate surface area is 149 Å². The van der Waals surface area contributed by atoms with Gasteiger partial charge in [0.25, 0.3) is 5.91 Å². The standard InChI is InChI=1S/C17H11F5N2OS/c1-6-2-3-7-8(5-23)17(26-9(7)4-6)24-16(25)10-11(18)13(20)15(22)14(21)12(10)19/h6H,2-4H2,1H3,(H,24,25)/t6-/m1/s1. The van der Waals surface area contributed by atoms with E-state index in [0.29, 0.717) is 18.8 Å². The lowest BCUT2D eigenvalue weighted by Crippen LogP contribution is -2.19. The molecule has 3 nitrogen and oxygen atoms in total. The summed E-state index contributed by atoms with van der Waals surface area (Å²) < 4.78 is 67.2. The fraction of sp³-hybridized carbons (Fsp3) is 0.294. The van der Waals surface area contributed by atoms with E-state index in [0.717, 1.165) is 28.2 Å². The Bertz CT molecular complexity index is 934. The van der Waals surface area contributed by atoms with Gasteiger partial charge in [0.1, 0.15) is 16.6 Å². The normalized spacial score (nSPS) is 16.1. The number of halogens is 5. The van der Waals surface area contributed by atoms with Crippen molar-refractivity contribution in [3.05, 3.63) is 50.7 Å². The number of benzene rings is 1. The van der Waals surface area contributed by atoms with Crippen molar-refractivity contribution in [3.8, 4) is 6.07 Å². The molecule has 136 valence electrons. The summed E-state index contributed by atoms with van der Waals surface area (Å²) in [6.45, 7) is 2.03. The van der Waals surface area contributed by atoms with E-state index in [9.17, 15) is 32.0 Å². The average molecular weight is 386 g/mol. The molecule has 3 rings (SSSR count). The fourth-order valence-electron chi connectivity index (χ4n) is 2.93. The second kappa shape index (κ2) is 6.68. The summed E-state index contributed by atoms with van der Waals surface area (Å²) in [5.41, 5.74) is -0.664. The fourth-order valence-corrected chi connectivity index (χ4v) is 4.28. The molecule has 1 aliphatic rings. The van der Waals surface area contributed by atoms with Gasteiger partial charge in [0.2, 0.25) is 5.82 Å². The highest BCUT2D eigenvalue weighted by Crippen LogP contribution is 2.39. The zero-order valence-electron chi connectivity index (χ0n) is 13.4. The van der Waals surface area contributed by atoms with Gasteiger partial charge in [0.05, 0.1) is 5.56 Å². The van der Waals surface area contributed by atoms with Crippen LogP contribution < -0.4 is 5.32 Å². The Hall–Kier alpha value is -2.47. The van der Waals surface area contributed by atoms with E-state index < -0.39 is 40.6 Å². The number of thiophene rings is 1. The van der Waals surface area contributed by atoms with Crippen LogP contribution in [-0.4, -0.2) is 5.91 Å². The van der Waals surface area contributed by atoms with Gasteiger partial charge in [-0.1, -0.05) is 6.92 Å². The van der Waals surface area contributed by atoms with Crippen LogP contribution in [0.25, 0.3) is 0 Å². The zero-order chi connectivity index (χ0) is 19.2. The van der Waals surface area contributed by atoms with Crippen molar-refractivity contribution in [3.63, 3.8) is 0 Å². The minimum Gasteiger partial charge on any atom is -0.312 e. The van der Waals surface area contributed by atoms with Crippen LogP contribution in [0.5, 0.6) is 0 Å². The molecule has 9 heteroatoms. The number of hydrogen-bond donors (Lipinski definition) is 1. The predicted molar refractivity (Wildman–Crippen MR) is 84.4 cm³/mol. The molecule has 0 radical (unpaired) electrons. The number of anilines is 1. The Morgan fingerprint density at radius 3 is 2.27 bits per heavy atom. The van der Waals surface area contributed by atoms with E-state index in [1.165, 1.54) is 0 Å². The van der Waals surface area contributed by atoms with Crippen molar-refractivity contribution >= 4 is 22.2 Å². The average Bonchev–Trinajstić information content (AvgIpc) is 2.94. The van der Waals surface area contributed by atoms with Crippen LogP contribution in [0.4, 0.5) is 27.0 Å². The first-order chi connectivity index (χ1) is 12.3. The van der Waals surface area contributed by atoms with Gasteiger partial charge in [-0.25, -0.2) is 22.0 Å². The van der Waals surface area contributed by atoms with E-state index in [1.807, 2.05) is 13.0 Å². The quantitative estimate of drug-likeness (QED) is 0.462. The lowest BCUT2D eigenvalue weighted by Gasteiger charge is -2.17. The van der Waals surface area contributed by atoms with Crippen LogP contribution in [0.2, 0.25) is 0 Å². The molecule has 0 saturated heterocycles. The number of nitriles is 1. The summed E-state index contributed by atoms with van der Waals surface area (Å²) in [5, 5.41) is 11.5. The van der Waals surface area contributed by atoms with E-state index in [-0.39, 0.29) is 10.6 Å². The minimum atomic E-state index is -2.34. The van der Waals surface area contributed by atoms with Gasteiger partial charge in [0, 0.05) is 4.88 Å². The molecule has 0 unspecified atom stereocenters. The first-order valence-electron chi connectivity index (χ1n) is 7.63. The Balaban J connectivity index is 2.02. The van der Waals surface area contributed by atoms with Crippen molar-refractivity contribution < 1.29 is 26.7 Å². The first kappa shape index (κ1) is 18.3. The van der Waals surface area contributed by atoms with Crippen molar-refractivity contribution in [1.82, 2.24) is 0 Å². The molecule has 0 spiro atoms. The summed E-state index contributed by atoms with van der Waals surface area (Å²) in [6, 6.07) is 1.94. The lowest BCUT2D eigenvalue weighted by atomic mass is 9.88. The maximum absolute atomic E-state index is 13.8. The van der Waals surface area contributed by atoms with Gasteiger partial charge in [-0.2, -0.15) is 5.26 Å². The molecule has 1 aliphatic carbocycles. The molecule has 0 fully saturated rings. The van der Waals surface area contributed by atoms with E-state index >= 15 is 0 Å². The molecule has 1 amide bonds. The molecule has 26 heavy (non-hydrogen) atoms. The highest BCUT2D eigenvalue weighted by molar-refractivity contribution is 7.16. The molecule has 1 heterocycles. The SMILES string of the molecule is C[C@@H]1CCc2c(sc(NC(=O)c3c(F)c(F)c(F)c(F)c3F)c2C#N)C1. The third kappa shape index (κ3) is 2.84. The van der Waals surface area contributed by atoms with Crippen molar-refractivity contribution in [2.45, 2.75) is 26.2 Å². The number of amides is 1. The Morgan fingerprint density at radius 1 is 1.12 bits per heavy atom. The molecule has 1 N–H and O–H groups in total. The molecule has 0 saturated carbocycles. The second-order valence-corrected chi connectivity index (χ2v) is 7.17.